The van der Waals surface area contributed by atoms with Crippen molar-refractivity contribution in [3.05, 3.63) is 0 Å². The van der Waals surface area contributed by atoms with Gasteiger partial charge in [0.25, 0.3) is 0 Å². The highest BCUT2D eigenvalue weighted by molar-refractivity contribution is 5.82. The maximum Gasteiger partial charge on any atom is 0.135 e. The van der Waals surface area contributed by atoms with Gasteiger partial charge in [-0.3, -0.25) is 4.79 Å². The maximum atomic E-state index is 11.1. The highest BCUT2D eigenvalue weighted by Crippen LogP contribution is 2.31. The van der Waals surface area contributed by atoms with Crippen LogP contribution in [0, 0.1) is 11.8 Å². The van der Waals surface area contributed by atoms with Crippen LogP contribution in [0.2, 0.25) is 0 Å². The van der Waals surface area contributed by atoms with Crippen molar-refractivity contribution in [1.82, 2.24) is 0 Å². The van der Waals surface area contributed by atoms with Gasteiger partial charge in [0.1, 0.15) is 5.78 Å². The summed E-state index contributed by atoms with van der Waals surface area (Å²) in [5.41, 5.74) is 0. The number of Topliss-reactive ketones (excluding diaryl/α,β-unsaturated/α-hetero) is 1. The lowest BCUT2D eigenvalue weighted by Gasteiger charge is -2.11. The summed E-state index contributed by atoms with van der Waals surface area (Å²) < 4.78 is 0. The first kappa shape index (κ1) is 7.77. The summed E-state index contributed by atoms with van der Waals surface area (Å²) in [6.45, 7) is 4.27. The summed E-state index contributed by atoms with van der Waals surface area (Å²) in [6, 6.07) is 0. The van der Waals surface area contributed by atoms with Gasteiger partial charge in [-0.05, 0) is 12.3 Å². The Balaban J connectivity index is 2.41. The third kappa shape index (κ3) is 1.39. The van der Waals surface area contributed by atoms with E-state index in [1.165, 1.54) is 12.8 Å². The third-order valence-electron chi connectivity index (χ3n) is 2.64. The van der Waals surface area contributed by atoms with Gasteiger partial charge in [-0.25, -0.2) is 0 Å². The minimum atomic E-state index is 0.361. The van der Waals surface area contributed by atoms with Crippen LogP contribution in [0.4, 0.5) is 0 Å². The standard InChI is InChI=1S/C9H16O/c1-3-4-8-5-6-9(10)7(8)2/h7-8H,3-6H2,1-2H3/t7-,8-/m0/s1. The van der Waals surface area contributed by atoms with Crippen molar-refractivity contribution in [3.63, 3.8) is 0 Å². The Morgan fingerprint density at radius 3 is 2.70 bits per heavy atom. The van der Waals surface area contributed by atoms with Gasteiger partial charge in [0.2, 0.25) is 0 Å². The van der Waals surface area contributed by atoms with Gasteiger partial charge in [0.15, 0.2) is 0 Å². The summed E-state index contributed by atoms with van der Waals surface area (Å²) in [6.07, 6.45) is 4.45. The lowest BCUT2D eigenvalue weighted by atomic mass is 9.93. The summed E-state index contributed by atoms with van der Waals surface area (Å²) in [5, 5.41) is 0. The second-order valence-corrected chi connectivity index (χ2v) is 3.34. The average molecular weight is 140 g/mol. The largest absolute Gasteiger partial charge is 0.299 e. The number of hydrogen-bond donors (Lipinski definition) is 0. The van der Waals surface area contributed by atoms with Crippen LogP contribution in [-0.4, -0.2) is 5.78 Å². The number of carbonyl (C=O) groups is 1. The van der Waals surface area contributed by atoms with E-state index in [0.29, 0.717) is 17.6 Å². The molecule has 1 fully saturated rings. The predicted molar refractivity (Wildman–Crippen MR) is 41.8 cm³/mol. The van der Waals surface area contributed by atoms with Crippen molar-refractivity contribution in [1.29, 1.82) is 0 Å². The molecule has 0 spiro atoms. The van der Waals surface area contributed by atoms with Crippen molar-refractivity contribution in [2.24, 2.45) is 11.8 Å². The molecule has 0 heterocycles. The zero-order valence-corrected chi connectivity index (χ0v) is 6.89. The molecule has 10 heavy (non-hydrogen) atoms. The van der Waals surface area contributed by atoms with Gasteiger partial charge in [0.05, 0.1) is 0 Å². The topological polar surface area (TPSA) is 17.1 Å². The molecule has 0 aromatic carbocycles. The number of rotatable bonds is 2. The summed E-state index contributed by atoms with van der Waals surface area (Å²) >= 11 is 0. The van der Waals surface area contributed by atoms with Gasteiger partial charge < -0.3 is 0 Å². The Kier molecular flexibility index (Phi) is 2.47. The first-order valence-electron chi connectivity index (χ1n) is 4.28. The summed E-state index contributed by atoms with van der Waals surface area (Å²) in [5.74, 6) is 1.55. The zero-order valence-electron chi connectivity index (χ0n) is 6.89. The van der Waals surface area contributed by atoms with Crippen molar-refractivity contribution >= 4 is 5.78 Å². The molecule has 1 nitrogen and oxygen atoms in total. The zero-order chi connectivity index (χ0) is 7.56. The molecule has 0 radical (unpaired) electrons. The third-order valence-corrected chi connectivity index (χ3v) is 2.64. The Hall–Kier alpha value is -0.330. The lowest BCUT2D eigenvalue weighted by Crippen LogP contribution is -2.09. The molecule has 1 heteroatoms. The van der Waals surface area contributed by atoms with Gasteiger partial charge >= 0.3 is 0 Å². The Morgan fingerprint density at radius 1 is 1.60 bits per heavy atom. The van der Waals surface area contributed by atoms with Gasteiger partial charge in [-0.2, -0.15) is 0 Å². The van der Waals surface area contributed by atoms with Gasteiger partial charge in [-0.1, -0.05) is 26.7 Å². The Labute approximate surface area is 62.8 Å². The molecule has 1 rings (SSSR count). The average Bonchev–Trinajstić information content (AvgIpc) is 2.20. The van der Waals surface area contributed by atoms with Crippen molar-refractivity contribution in [2.75, 3.05) is 0 Å². The molecule has 0 unspecified atom stereocenters. The molecule has 1 aliphatic rings. The molecule has 1 saturated carbocycles. The van der Waals surface area contributed by atoms with E-state index in [0.717, 1.165) is 12.8 Å². The lowest BCUT2D eigenvalue weighted by molar-refractivity contribution is -0.120. The number of carbonyl (C=O) groups excluding carboxylic acids is 1. The second kappa shape index (κ2) is 3.18. The Bertz CT molecular complexity index is 129. The Morgan fingerprint density at radius 2 is 2.30 bits per heavy atom. The molecular formula is C9H16O. The second-order valence-electron chi connectivity index (χ2n) is 3.34. The minimum Gasteiger partial charge on any atom is -0.299 e. The van der Waals surface area contributed by atoms with Crippen LogP contribution in [0.3, 0.4) is 0 Å². The highest BCUT2D eigenvalue weighted by atomic mass is 16.1. The number of ketones is 1. The molecular weight excluding hydrogens is 124 g/mol. The monoisotopic (exact) mass is 140 g/mol. The van der Waals surface area contributed by atoms with Crippen LogP contribution in [0.15, 0.2) is 0 Å². The van der Waals surface area contributed by atoms with E-state index < -0.39 is 0 Å². The fraction of sp³-hybridized carbons (Fsp3) is 0.889. The molecule has 0 aromatic heterocycles. The van der Waals surface area contributed by atoms with E-state index in [2.05, 4.69) is 13.8 Å². The van der Waals surface area contributed by atoms with E-state index >= 15 is 0 Å². The SMILES string of the molecule is CCC[C@H]1CCC(=O)[C@H]1C. The van der Waals surface area contributed by atoms with Crippen LogP contribution in [0.5, 0.6) is 0 Å². The highest BCUT2D eigenvalue weighted by Gasteiger charge is 2.29. The predicted octanol–water partition coefficient (Wildman–Crippen LogP) is 2.40. The quantitative estimate of drug-likeness (QED) is 0.575. The molecule has 0 aliphatic heterocycles. The first-order chi connectivity index (χ1) is 4.75. The van der Waals surface area contributed by atoms with Crippen LogP contribution >= 0.6 is 0 Å². The molecule has 58 valence electrons. The van der Waals surface area contributed by atoms with Crippen LogP contribution in [-0.2, 0) is 4.79 Å². The summed E-state index contributed by atoms with van der Waals surface area (Å²) in [7, 11) is 0. The van der Waals surface area contributed by atoms with E-state index in [1.807, 2.05) is 0 Å². The van der Waals surface area contributed by atoms with Crippen molar-refractivity contribution in [2.45, 2.75) is 39.5 Å². The molecule has 0 N–H and O–H groups in total. The molecule has 0 bridgehead atoms. The summed E-state index contributed by atoms with van der Waals surface area (Å²) in [4.78, 5) is 11.1. The maximum absolute atomic E-state index is 11.1. The number of hydrogen-bond acceptors (Lipinski definition) is 1. The van der Waals surface area contributed by atoms with E-state index in [4.69, 9.17) is 0 Å². The van der Waals surface area contributed by atoms with Crippen LogP contribution < -0.4 is 0 Å². The van der Waals surface area contributed by atoms with Crippen molar-refractivity contribution in [3.8, 4) is 0 Å². The van der Waals surface area contributed by atoms with Gasteiger partial charge in [0, 0.05) is 12.3 Å². The van der Waals surface area contributed by atoms with Crippen LogP contribution in [0.25, 0.3) is 0 Å². The van der Waals surface area contributed by atoms with Crippen molar-refractivity contribution < 1.29 is 4.79 Å². The molecule has 0 saturated heterocycles. The van der Waals surface area contributed by atoms with Gasteiger partial charge in [-0.15, -0.1) is 0 Å². The minimum absolute atomic E-state index is 0.361. The fourth-order valence-corrected chi connectivity index (χ4v) is 1.83. The van der Waals surface area contributed by atoms with E-state index in [1.54, 1.807) is 0 Å². The molecule has 2 atom stereocenters. The fourth-order valence-electron chi connectivity index (χ4n) is 1.83. The smallest absolute Gasteiger partial charge is 0.135 e. The van der Waals surface area contributed by atoms with E-state index in [-0.39, 0.29) is 0 Å². The van der Waals surface area contributed by atoms with Crippen LogP contribution in [0.1, 0.15) is 39.5 Å². The molecule has 0 amide bonds. The molecule has 1 aliphatic carbocycles. The van der Waals surface area contributed by atoms with E-state index in [9.17, 15) is 4.79 Å². The normalized spacial score (nSPS) is 33.2. The molecule has 0 aromatic rings. The first-order valence-corrected chi connectivity index (χ1v) is 4.28.